The summed E-state index contributed by atoms with van der Waals surface area (Å²) < 4.78 is 18.3. The van der Waals surface area contributed by atoms with Gasteiger partial charge in [0.1, 0.15) is 5.82 Å². The van der Waals surface area contributed by atoms with Crippen LogP contribution in [0.1, 0.15) is 31.9 Å². The van der Waals surface area contributed by atoms with Gasteiger partial charge in [0.25, 0.3) is 0 Å². The number of hydrogen-bond acceptors (Lipinski definition) is 3. The summed E-state index contributed by atoms with van der Waals surface area (Å²) in [5, 5.41) is 0. The molecule has 0 fully saturated rings. The third-order valence-corrected chi connectivity index (χ3v) is 3.50. The molecule has 1 rings (SSSR count). The second-order valence-corrected chi connectivity index (χ2v) is 4.91. The molecule has 19 heavy (non-hydrogen) atoms. The van der Waals surface area contributed by atoms with E-state index in [9.17, 15) is 4.39 Å². The minimum Gasteiger partial charge on any atom is -0.383 e. The van der Waals surface area contributed by atoms with Crippen LogP contribution in [-0.4, -0.2) is 37.7 Å². The highest BCUT2D eigenvalue weighted by atomic mass is 19.1. The molecule has 0 spiro atoms. The predicted molar refractivity (Wildman–Crippen MR) is 76.5 cm³/mol. The van der Waals surface area contributed by atoms with Gasteiger partial charge in [0.2, 0.25) is 0 Å². The van der Waals surface area contributed by atoms with Gasteiger partial charge in [-0.2, -0.15) is 0 Å². The van der Waals surface area contributed by atoms with Gasteiger partial charge < -0.3 is 10.5 Å². The third-order valence-electron chi connectivity index (χ3n) is 3.50. The normalized spacial score (nSPS) is 14.6. The number of rotatable bonds is 8. The largest absolute Gasteiger partial charge is 0.383 e. The van der Waals surface area contributed by atoms with Crippen molar-refractivity contribution in [3.8, 4) is 0 Å². The highest BCUT2D eigenvalue weighted by Gasteiger charge is 2.16. The molecule has 0 saturated heterocycles. The van der Waals surface area contributed by atoms with Crippen LogP contribution in [0.3, 0.4) is 0 Å². The Morgan fingerprint density at radius 1 is 1.42 bits per heavy atom. The lowest BCUT2D eigenvalue weighted by atomic mass is 10.1. The van der Waals surface area contributed by atoms with Crippen molar-refractivity contribution in [3.63, 3.8) is 0 Å². The van der Waals surface area contributed by atoms with Crippen molar-refractivity contribution in [2.75, 3.05) is 26.8 Å². The van der Waals surface area contributed by atoms with Gasteiger partial charge in [-0.15, -0.1) is 0 Å². The SMILES string of the molecule is CCC(C)N(CCOC)CC(N)c1cccc(F)c1. The molecule has 0 aliphatic rings. The van der Waals surface area contributed by atoms with Crippen molar-refractivity contribution in [1.82, 2.24) is 4.90 Å². The Kier molecular flexibility index (Phi) is 6.99. The lowest BCUT2D eigenvalue weighted by Gasteiger charge is -2.30. The van der Waals surface area contributed by atoms with Gasteiger partial charge in [0, 0.05) is 32.3 Å². The third kappa shape index (κ3) is 5.27. The number of nitrogens with two attached hydrogens (primary N) is 1. The van der Waals surface area contributed by atoms with E-state index in [1.807, 2.05) is 6.07 Å². The smallest absolute Gasteiger partial charge is 0.123 e. The first-order valence-electron chi connectivity index (χ1n) is 6.82. The standard InChI is InChI=1S/C15H25FN2O/c1-4-12(2)18(8-9-19-3)11-15(17)13-6-5-7-14(16)10-13/h5-7,10,12,15H,4,8-9,11,17H2,1-3H3. The quantitative estimate of drug-likeness (QED) is 0.787. The fourth-order valence-electron chi connectivity index (χ4n) is 2.05. The minimum absolute atomic E-state index is 0.179. The number of ether oxygens (including phenoxy) is 1. The van der Waals surface area contributed by atoms with Crippen LogP contribution >= 0.6 is 0 Å². The Morgan fingerprint density at radius 3 is 2.74 bits per heavy atom. The fraction of sp³-hybridized carbons (Fsp3) is 0.600. The molecule has 3 nitrogen and oxygen atoms in total. The molecule has 0 heterocycles. The maximum Gasteiger partial charge on any atom is 0.123 e. The van der Waals surface area contributed by atoms with Gasteiger partial charge >= 0.3 is 0 Å². The molecule has 1 aromatic rings. The van der Waals surface area contributed by atoms with E-state index in [2.05, 4.69) is 18.7 Å². The number of methoxy groups -OCH3 is 1. The lowest BCUT2D eigenvalue weighted by molar-refractivity contribution is 0.118. The van der Waals surface area contributed by atoms with Crippen LogP contribution in [-0.2, 0) is 4.74 Å². The van der Waals surface area contributed by atoms with E-state index in [0.29, 0.717) is 19.2 Å². The Balaban J connectivity index is 2.66. The van der Waals surface area contributed by atoms with E-state index in [4.69, 9.17) is 10.5 Å². The van der Waals surface area contributed by atoms with E-state index in [0.717, 1.165) is 18.5 Å². The highest BCUT2D eigenvalue weighted by Crippen LogP contribution is 2.15. The first kappa shape index (κ1) is 16.1. The number of benzene rings is 1. The zero-order chi connectivity index (χ0) is 14.3. The van der Waals surface area contributed by atoms with Crippen molar-refractivity contribution in [1.29, 1.82) is 0 Å². The van der Waals surface area contributed by atoms with Crippen LogP contribution < -0.4 is 5.73 Å². The molecule has 0 amide bonds. The summed E-state index contributed by atoms with van der Waals surface area (Å²) in [6.07, 6.45) is 1.06. The summed E-state index contributed by atoms with van der Waals surface area (Å²) in [5.74, 6) is -0.236. The fourth-order valence-corrected chi connectivity index (χ4v) is 2.05. The van der Waals surface area contributed by atoms with Crippen LogP contribution in [0.5, 0.6) is 0 Å². The molecular weight excluding hydrogens is 243 g/mol. The van der Waals surface area contributed by atoms with Crippen molar-refractivity contribution < 1.29 is 9.13 Å². The van der Waals surface area contributed by atoms with Crippen LogP contribution in [0.4, 0.5) is 4.39 Å². The average molecular weight is 268 g/mol. The molecular formula is C15H25FN2O. The molecule has 2 unspecified atom stereocenters. The summed E-state index contributed by atoms with van der Waals surface area (Å²) in [6, 6.07) is 6.78. The van der Waals surface area contributed by atoms with Gasteiger partial charge in [0.15, 0.2) is 0 Å². The highest BCUT2D eigenvalue weighted by molar-refractivity contribution is 5.20. The van der Waals surface area contributed by atoms with Crippen molar-refractivity contribution >= 4 is 0 Å². The molecule has 0 bridgehead atoms. The first-order chi connectivity index (χ1) is 9.08. The van der Waals surface area contributed by atoms with E-state index in [1.54, 1.807) is 13.2 Å². The molecule has 2 atom stereocenters. The maximum atomic E-state index is 13.2. The maximum absolute atomic E-state index is 13.2. The Hall–Kier alpha value is -0.970. The molecule has 0 aromatic heterocycles. The molecule has 0 aliphatic heterocycles. The second-order valence-electron chi connectivity index (χ2n) is 4.91. The van der Waals surface area contributed by atoms with Crippen molar-refractivity contribution in [2.24, 2.45) is 5.73 Å². The zero-order valence-electron chi connectivity index (χ0n) is 12.1. The van der Waals surface area contributed by atoms with E-state index in [1.165, 1.54) is 12.1 Å². The predicted octanol–water partition coefficient (Wildman–Crippen LogP) is 2.57. The molecule has 4 heteroatoms. The summed E-state index contributed by atoms with van der Waals surface area (Å²) in [5.41, 5.74) is 7.02. The topological polar surface area (TPSA) is 38.5 Å². The molecule has 108 valence electrons. The minimum atomic E-state index is -0.236. The van der Waals surface area contributed by atoms with Crippen molar-refractivity contribution in [3.05, 3.63) is 35.6 Å². The van der Waals surface area contributed by atoms with Crippen LogP contribution in [0.2, 0.25) is 0 Å². The molecule has 2 N–H and O–H groups in total. The molecule has 0 radical (unpaired) electrons. The monoisotopic (exact) mass is 268 g/mol. The summed E-state index contributed by atoms with van der Waals surface area (Å²) >= 11 is 0. The summed E-state index contributed by atoms with van der Waals surface area (Å²) in [7, 11) is 1.70. The number of hydrogen-bond donors (Lipinski definition) is 1. The molecule has 1 aromatic carbocycles. The van der Waals surface area contributed by atoms with Crippen molar-refractivity contribution in [2.45, 2.75) is 32.4 Å². The Labute approximate surface area is 115 Å². The number of halogens is 1. The van der Waals surface area contributed by atoms with Gasteiger partial charge in [-0.3, -0.25) is 4.90 Å². The Bertz CT molecular complexity index is 373. The van der Waals surface area contributed by atoms with Crippen LogP contribution in [0.15, 0.2) is 24.3 Å². The van der Waals surface area contributed by atoms with Gasteiger partial charge in [-0.25, -0.2) is 4.39 Å². The lowest BCUT2D eigenvalue weighted by Crippen LogP contribution is -2.40. The van der Waals surface area contributed by atoms with Crippen LogP contribution in [0.25, 0.3) is 0 Å². The summed E-state index contributed by atoms with van der Waals surface area (Å²) in [4.78, 5) is 2.29. The number of nitrogens with zero attached hydrogens (tertiary/aromatic N) is 1. The molecule has 0 saturated carbocycles. The van der Waals surface area contributed by atoms with Crippen LogP contribution in [0, 0.1) is 5.82 Å². The molecule has 0 aliphatic carbocycles. The van der Waals surface area contributed by atoms with E-state index < -0.39 is 0 Å². The first-order valence-corrected chi connectivity index (χ1v) is 6.82. The Morgan fingerprint density at radius 2 is 2.16 bits per heavy atom. The van der Waals surface area contributed by atoms with E-state index in [-0.39, 0.29) is 11.9 Å². The zero-order valence-corrected chi connectivity index (χ0v) is 12.1. The second kappa shape index (κ2) is 8.25. The van der Waals surface area contributed by atoms with Gasteiger partial charge in [-0.1, -0.05) is 19.1 Å². The average Bonchev–Trinajstić information content (AvgIpc) is 2.42. The van der Waals surface area contributed by atoms with Gasteiger partial charge in [0.05, 0.1) is 6.61 Å². The van der Waals surface area contributed by atoms with E-state index >= 15 is 0 Å². The van der Waals surface area contributed by atoms with Gasteiger partial charge in [-0.05, 0) is 31.0 Å². The summed E-state index contributed by atoms with van der Waals surface area (Å²) in [6.45, 7) is 6.56.